The standard InChI is InChI=1S/C31H37IN2O8/c1-4-5-10-28(37)34(13-11-21-8-6-7-9-25(21)40-2)24-17-22(31(39)33-12-14-35)18-26(29(24)38)42-30-23(32)15-20(19-36)16-27(30)41-3/h5-10,15-16,18-19,24,26,29,35,38H,4,11-14,17H2,1-3H3,(H,33,39). The summed E-state index contributed by atoms with van der Waals surface area (Å²) < 4.78 is 17.8. The lowest BCUT2D eigenvalue weighted by molar-refractivity contribution is -0.133. The van der Waals surface area contributed by atoms with Crippen molar-refractivity contribution in [3.63, 3.8) is 0 Å². The monoisotopic (exact) mass is 692 g/mol. The summed E-state index contributed by atoms with van der Waals surface area (Å²) in [6.45, 7) is 1.96. The van der Waals surface area contributed by atoms with Gasteiger partial charge in [-0.25, -0.2) is 0 Å². The second kappa shape index (κ2) is 16.3. The summed E-state index contributed by atoms with van der Waals surface area (Å²) in [5.41, 5.74) is 1.58. The Kier molecular flexibility index (Phi) is 12.8. The molecule has 0 spiro atoms. The molecule has 3 unspecified atom stereocenters. The van der Waals surface area contributed by atoms with Crippen LogP contribution in [0.3, 0.4) is 0 Å². The van der Waals surface area contributed by atoms with E-state index in [1.54, 1.807) is 24.2 Å². The van der Waals surface area contributed by atoms with Gasteiger partial charge in [0.15, 0.2) is 11.5 Å². The SMILES string of the molecule is CCC=CC(=O)N(CCc1ccccc1OC)C1CC(C(=O)NCCO)=CC(Oc2c(I)cc(C=O)cc2OC)C1O. The number of aliphatic hydroxyl groups excluding tert-OH is 2. The molecule has 2 amide bonds. The average molecular weight is 693 g/mol. The predicted molar refractivity (Wildman–Crippen MR) is 166 cm³/mol. The Balaban J connectivity index is 2.03. The van der Waals surface area contributed by atoms with Crippen LogP contribution >= 0.6 is 22.6 Å². The van der Waals surface area contributed by atoms with E-state index < -0.39 is 24.2 Å². The molecule has 0 aliphatic heterocycles. The maximum atomic E-state index is 13.5. The van der Waals surface area contributed by atoms with Crippen LogP contribution in [0, 0.1) is 3.57 Å². The fourth-order valence-electron chi connectivity index (χ4n) is 4.74. The molecule has 1 aliphatic carbocycles. The number of carbonyl (C=O) groups is 3. The molecule has 1 aliphatic rings. The number of amides is 2. The van der Waals surface area contributed by atoms with Gasteiger partial charge in [0, 0.05) is 30.6 Å². The van der Waals surface area contributed by atoms with Crippen LogP contribution in [0.4, 0.5) is 0 Å². The van der Waals surface area contributed by atoms with E-state index in [1.807, 2.05) is 53.8 Å². The molecule has 226 valence electrons. The molecule has 0 saturated carbocycles. The number of aliphatic hydroxyl groups is 2. The van der Waals surface area contributed by atoms with E-state index in [2.05, 4.69) is 5.32 Å². The van der Waals surface area contributed by atoms with Crippen LogP contribution in [0.25, 0.3) is 0 Å². The smallest absolute Gasteiger partial charge is 0.247 e. The van der Waals surface area contributed by atoms with Gasteiger partial charge in [-0.05, 0) is 71.3 Å². The fraction of sp³-hybridized carbons (Fsp3) is 0.387. The molecule has 2 aromatic carbocycles. The zero-order chi connectivity index (χ0) is 30.6. The van der Waals surface area contributed by atoms with Crippen molar-refractivity contribution < 1.29 is 38.8 Å². The topological polar surface area (TPSA) is 135 Å². The van der Waals surface area contributed by atoms with Crippen molar-refractivity contribution in [3.8, 4) is 17.2 Å². The van der Waals surface area contributed by atoms with E-state index >= 15 is 0 Å². The fourth-order valence-corrected chi connectivity index (χ4v) is 5.49. The predicted octanol–water partition coefficient (Wildman–Crippen LogP) is 3.07. The molecule has 3 atom stereocenters. The van der Waals surface area contributed by atoms with Crippen LogP contribution < -0.4 is 19.5 Å². The van der Waals surface area contributed by atoms with Gasteiger partial charge in [-0.3, -0.25) is 14.4 Å². The maximum Gasteiger partial charge on any atom is 0.247 e. The number of para-hydroxylation sites is 1. The number of nitrogens with zero attached hydrogens (tertiary/aromatic N) is 1. The van der Waals surface area contributed by atoms with Crippen molar-refractivity contribution in [2.24, 2.45) is 0 Å². The summed E-state index contributed by atoms with van der Waals surface area (Å²) in [6.07, 6.45) is 4.33. The molecule has 3 N–H and O–H groups in total. The Bertz CT molecular complexity index is 1310. The Labute approximate surface area is 259 Å². The summed E-state index contributed by atoms with van der Waals surface area (Å²) in [5, 5.41) is 23.6. The number of rotatable bonds is 14. The number of benzene rings is 2. The number of hydrogen-bond acceptors (Lipinski definition) is 8. The van der Waals surface area contributed by atoms with Crippen LogP contribution in [-0.2, 0) is 16.0 Å². The van der Waals surface area contributed by atoms with Crippen LogP contribution in [-0.4, -0.2) is 85.4 Å². The molecular formula is C31H37IN2O8. The third-order valence-corrected chi connectivity index (χ3v) is 7.65. The summed E-state index contributed by atoms with van der Waals surface area (Å²) in [7, 11) is 3.02. The van der Waals surface area contributed by atoms with E-state index in [-0.39, 0.29) is 43.5 Å². The molecule has 10 nitrogen and oxygen atoms in total. The highest BCUT2D eigenvalue weighted by molar-refractivity contribution is 14.1. The van der Waals surface area contributed by atoms with Crippen molar-refractivity contribution in [2.45, 2.75) is 44.4 Å². The van der Waals surface area contributed by atoms with Crippen LogP contribution in [0.5, 0.6) is 17.2 Å². The van der Waals surface area contributed by atoms with E-state index in [4.69, 9.17) is 14.2 Å². The largest absolute Gasteiger partial charge is 0.496 e. The van der Waals surface area contributed by atoms with Gasteiger partial charge in [0.1, 0.15) is 24.2 Å². The third-order valence-electron chi connectivity index (χ3n) is 6.85. The van der Waals surface area contributed by atoms with Gasteiger partial charge in [0.25, 0.3) is 0 Å². The number of methoxy groups -OCH3 is 2. The lowest BCUT2D eigenvalue weighted by Crippen LogP contribution is -2.55. The highest BCUT2D eigenvalue weighted by Crippen LogP contribution is 2.37. The highest BCUT2D eigenvalue weighted by atomic mass is 127. The molecule has 3 rings (SSSR count). The molecular weight excluding hydrogens is 655 g/mol. The summed E-state index contributed by atoms with van der Waals surface area (Å²) in [6, 6.07) is 9.83. The van der Waals surface area contributed by atoms with Crippen molar-refractivity contribution in [1.29, 1.82) is 0 Å². The zero-order valence-corrected chi connectivity index (χ0v) is 26.1. The third kappa shape index (κ3) is 8.33. The van der Waals surface area contributed by atoms with Crippen molar-refractivity contribution >= 4 is 40.7 Å². The number of ether oxygens (including phenoxy) is 3. The molecule has 2 aromatic rings. The molecule has 0 radical (unpaired) electrons. The lowest BCUT2D eigenvalue weighted by Gasteiger charge is -2.40. The number of hydrogen-bond donors (Lipinski definition) is 3. The van der Waals surface area contributed by atoms with E-state index in [0.717, 1.165) is 5.56 Å². The van der Waals surface area contributed by atoms with Crippen LogP contribution in [0.1, 0.15) is 35.7 Å². The Morgan fingerprint density at radius 1 is 1.17 bits per heavy atom. The summed E-state index contributed by atoms with van der Waals surface area (Å²) in [4.78, 5) is 39.5. The first kappa shape index (κ1) is 33.1. The summed E-state index contributed by atoms with van der Waals surface area (Å²) >= 11 is 2.01. The maximum absolute atomic E-state index is 13.5. The van der Waals surface area contributed by atoms with E-state index in [1.165, 1.54) is 25.3 Å². The number of allylic oxidation sites excluding steroid dienone is 1. The van der Waals surface area contributed by atoms with Crippen molar-refractivity contribution in [3.05, 3.63) is 74.9 Å². The van der Waals surface area contributed by atoms with Crippen molar-refractivity contribution in [2.75, 3.05) is 33.9 Å². The number of halogens is 1. The number of aldehydes is 1. The van der Waals surface area contributed by atoms with Gasteiger partial charge in [0.2, 0.25) is 11.8 Å². The van der Waals surface area contributed by atoms with Crippen LogP contribution in [0.15, 0.2) is 60.2 Å². The minimum Gasteiger partial charge on any atom is -0.496 e. The Morgan fingerprint density at radius 2 is 1.90 bits per heavy atom. The molecule has 42 heavy (non-hydrogen) atoms. The molecule has 0 fully saturated rings. The minimum atomic E-state index is -1.22. The Morgan fingerprint density at radius 3 is 2.57 bits per heavy atom. The second-order valence-corrected chi connectivity index (χ2v) is 10.7. The molecule has 11 heteroatoms. The number of nitrogens with one attached hydrogen (secondary N) is 1. The van der Waals surface area contributed by atoms with Gasteiger partial charge in [-0.15, -0.1) is 0 Å². The van der Waals surface area contributed by atoms with Gasteiger partial charge in [-0.2, -0.15) is 0 Å². The van der Waals surface area contributed by atoms with Crippen molar-refractivity contribution in [1.82, 2.24) is 10.2 Å². The van der Waals surface area contributed by atoms with Crippen LogP contribution in [0.2, 0.25) is 0 Å². The molecule has 0 aromatic heterocycles. The lowest BCUT2D eigenvalue weighted by atomic mass is 9.87. The molecule has 0 heterocycles. The van der Waals surface area contributed by atoms with Gasteiger partial charge >= 0.3 is 0 Å². The second-order valence-electron chi connectivity index (χ2n) is 9.57. The highest BCUT2D eigenvalue weighted by Gasteiger charge is 2.40. The summed E-state index contributed by atoms with van der Waals surface area (Å²) in [5.74, 6) is 0.511. The normalized spacial score (nSPS) is 18.2. The Hall–Kier alpha value is -3.42. The van der Waals surface area contributed by atoms with E-state index in [9.17, 15) is 24.6 Å². The first-order chi connectivity index (χ1) is 20.3. The first-order valence-corrected chi connectivity index (χ1v) is 14.7. The van der Waals surface area contributed by atoms with Gasteiger partial charge in [-0.1, -0.05) is 31.2 Å². The first-order valence-electron chi connectivity index (χ1n) is 13.6. The molecule has 0 saturated heterocycles. The zero-order valence-electron chi connectivity index (χ0n) is 23.9. The average Bonchev–Trinajstić information content (AvgIpc) is 3.00. The minimum absolute atomic E-state index is 0.0451. The quantitative estimate of drug-likeness (QED) is 0.156. The van der Waals surface area contributed by atoms with Gasteiger partial charge in [0.05, 0.1) is 30.4 Å². The molecule has 0 bridgehead atoms. The van der Waals surface area contributed by atoms with Gasteiger partial charge < -0.3 is 34.6 Å². The van der Waals surface area contributed by atoms with E-state index in [0.29, 0.717) is 39.6 Å². The number of carbonyl (C=O) groups excluding carboxylic acids is 3.